The van der Waals surface area contributed by atoms with Crippen molar-refractivity contribution in [3.05, 3.63) is 53.7 Å². The third-order valence-corrected chi connectivity index (χ3v) is 9.02. The third kappa shape index (κ3) is 5.76. The number of benzene rings is 1. The maximum absolute atomic E-state index is 13.7. The van der Waals surface area contributed by atoms with Crippen LogP contribution in [0.3, 0.4) is 0 Å². The Balaban J connectivity index is 1.35. The van der Waals surface area contributed by atoms with Gasteiger partial charge in [-0.3, -0.25) is 4.79 Å². The number of aliphatic carboxylic acids is 1. The summed E-state index contributed by atoms with van der Waals surface area (Å²) in [6.07, 6.45) is 6.20. The largest absolute Gasteiger partial charge is 0.496 e. The summed E-state index contributed by atoms with van der Waals surface area (Å²) in [7, 11) is 3.32. The molecule has 12 nitrogen and oxygen atoms in total. The lowest BCUT2D eigenvalue weighted by molar-refractivity contribution is -0.144. The number of carboxylic acid groups (broad SMARTS) is 1. The minimum Gasteiger partial charge on any atom is -0.496 e. The number of carboxylic acids is 1. The number of aromatic nitrogens is 3. The van der Waals surface area contributed by atoms with Crippen molar-refractivity contribution in [2.75, 3.05) is 27.2 Å². The van der Waals surface area contributed by atoms with Crippen LogP contribution in [0.25, 0.3) is 22.4 Å². The first-order chi connectivity index (χ1) is 21.6. The topological polar surface area (TPSA) is 147 Å². The molecular weight excluding hydrogens is 576 g/mol. The fourth-order valence-corrected chi connectivity index (χ4v) is 6.33. The molecule has 1 saturated carbocycles. The SMILES string of the molecule is COc1ccc2c(O[C@@H]3C[C@H]4C(=O)N[C@]5(C(=O)O)C[C@@H]5/C=C\CCCCN(C)C(=O)N4C3)nc(-c3cccc(C)n3)nc2c1C. The molecule has 2 aliphatic heterocycles. The second-order valence-corrected chi connectivity index (χ2v) is 12.2. The Kier molecular flexibility index (Phi) is 8.07. The molecule has 2 N–H and O–H groups in total. The van der Waals surface area contributed by atoms with Crippen molar-refractivity contribution in [3.8, 4) is 23.1 Å². The number of rotatable bonds is 5. The molecule has 6 rings (SSSR count). The molecule has 0 radical (unpaired) electrons. The lowest BCUT2D eigenvalue weighted by Gasteiger charge is -2.29. The highest BCUT2D eigenvalue weighted by molar-refractivity contribution is 5.95. The monoisotopic (exact) mass is 614 g/mol. The Morgan fingerprint density at radius 3 is 2.69 bits per heavy atom. The summed E-state index contributed by atoms with van der Waals surface area (Å²) in [5, 5.41) is 13.5. The van der Waals surface area contributed by atoms with E-state index in [0.29, 0.717) is 47.0 Å². The van der Waals surface area contributed by atoms with Crippen molar-refractivity contribution in [3.63, 3.8) is 0 Å². The molecule has 2 aromatic heterocycles. The molecule has 4 atom stereocenters. The van der Waals surface area contributed by atoms with E-state index in [0.717, 1.165) is 30.5 Å². The van der Waals surface area contributed by atoms with Crippen LogP contribution in [0, 0.1) is 19.8 Å². The average molecular weight is 615 g/mol. The van der Waals surface area contributed by atoms with Gasteiger partial charge in [-0.25, -0.2) is 19.6 Å². The molecule has 3 amide bonds. The smallest absolute Gasteiger partial charge is 0.330 e. The number of carbonyl (C=O) groups is 3. The number of urea groups is 1. The van der Waals surface area contributed by atoms with Crippen LogP contribution in [0.15, 0.2) is 42.5 Å². The first kappa shape index (κ1) is 30.3. The highest BCUT2D eigenvalue weighted by Gasteiger charge is 2.61. The van der Waals surface area contributed by atoms with Crippen molar-refractivity contribution in [1.29, 1.82) is 0 Å². The van der Waals surface area contributed by atoms with E-state index in [9.17, 15) is 19.5 Å². The van der Waals surface area contributed by atoms with Crippen LogP contribution in [-0.4, -0.2) is 92.7 Å². The van der Waals surface area contributed by atoms with E-state index in [-0.39, 0.29) is 24.9 Å². The summed E-state index contributed by atoms with van der Waals surface area (Å²) in [4.78, 5) is 57.0. The Labute approximate surface area is 261 Å². The normalized spacial score (nSPS) is 26.0. The number of aryl methyl sites for hydroxylation is 2. The molecule has 0 bridgehead atoms. The van der Waals surface area contributed by atoms with Gasteiger partial charge in [0.25, 0.3) is 0 Å². The van der Waals surface area contributed by atoms with E-state index < -0.39 is 29.6 Å². The number of nitrogens with one attached hydrogen (secondary N) is 1. The molecule has 3 aliphatic rings. The van der Waals surface area contributed by atoms with E-state index in [1.807, 2.05) is 56.3 Å². The summed E-state index contributed by atoms with van der Waals surface area (Å²) in [5.74, 6) is -0.527. The maximum Gasteiger partial charge on any atom is 0.330 e. The average Bonchev–Trinajstić information content (AvgIpc) is 3.56. The van der Waals surface area contributed by atoms with Gasteiger partial charge in [0.05, 0.1) is 24.6 Å². The molecule has 4 heterocycles. The zero-order chi connectivity index (χ0) is 31.9. The second-order valence-electron chi connectivity index (χ2n) is 12.2. The van der Waals surface area contributed by atoms with E-state index >= 15 is 0 Å². The number of methoxy groups -OCH3 is 1. The number of ether oxygens (including phenoxy) is 2. The van der Waals surface area contributed by atoms with Gasteiger partial charge in [0.15, 0.2) is 5.82 Å². The molecule has 236 valence electrons. The summed E-state index contributed by atoms with van der Waals surface area (Å²) in [6.45, 7) is 4.47. The molecule has 1 saturated heterocycles. The van der Waals surface area contributed by atoms with Gasteiger partial charge in [-0.05, 0) is 63.8 Å². The minimum absolute atomic E-state index is 0.128. The second kappa shape index (κ2) is 12.0. The zero-order valence-electron chi connectivity index (χ0n) is 25.9. The molecule has 1 aliphatic carbocycles. The van der Waals surface area contributed by atoms with Crippen LogP contribution < -0.4 is 14.8 Å². The zero-order valence-corrected chi connectivity index (χ0v) is 25.9. The predicted molar refractivity (Wildman–Crippen MR) is 166 cm³/mol. The lowest BCUT2D eigenvalue weighted by atomic mass is 10.1. The molecule has 0 unspecified atom stereocenters. The van der Waals surface area contributed by atoms with Crippen LogP contribution in [0.1, 0.15) is 43.4 Å². The number of amides is 3. The van der Waals surface area contributed by atoms with Crippen molar-refractivity contribution >= 4 is 28.8 Å². The van der Waals surface area contributed by atoms with E-state index in [1.54, 1.807) is 19.1 Å². The molecule has 3 aromatic rings. The molecule has 12 heteroatoms. The Bertz CT molecular complexity index is 1690. The molecule has 45 heavy (non-hydrogen) atoms. The van der Waals surface area contributed by atoms with Crippen LogP contribution >= 0.6 is 0 Å². The number of fused-ring (bicyclic) bond motifs is 3. The van der Waals surface area contributed by atoms with Crippen molar-refractivity contribution in [1.82, 2.24) is 30.1 Å². The van der Waals surface area contributed by atoms with Crippen molar-refractivity contribution in [2.24, 2.45) is 5.92 Å². The first-order valence-electron chi connectivity index (χ1n) is 15.3. The number of hydrogen-bond donors (Lipinski definition) is 2. The van der Waals surface area contributed by atoms with E-state index in [4.69, 9.17) is 19.4 Å². The van der Waals surface area contributed by atoms with Crippen LogP contribution in [0.2, 0.25) is 0 Å². The van der Waals surface area contributed by atoms with Crippen LogP contribution in [-0.2, 0) is 9.59 Å². The molecular formula is C33H38N6O6. The van der Waals surface area contributed by atoms with Gasteiger partial charge in [-0.1, -0.05) is 18.2 Å². The van der Waals surface area contributed by atoms with E-state index in [1.165, 1.54) is 4.90 Å². The summed E-state index contributed by atoms with van der Waals surface area (Å²) < 4.78 is 12.1. The molecule has 1 aromatic carbocycles. The van der Waals surface area contributed by atoms with Gasteiger partial charge in [-0.15, -0.1) is 0 Å². The highest BCUT2D eigenvalue weighted by Crippen LogP contribution is 2.45. The number of hydrogen-bond acceptors (Lipinski definition) is 8. The minimum atomic E-state index is -1.37. The van der Waals surface area contributed by atoms with Gasteiger partial charge >= 0.3 is 12.0 Å². The summed E-state index contributed by atoms with van der Waals surface area (Å²) >= 11 is 0. The first-order valence-corrected chi connectivity index (χ1v) is 15.3. The van der Waals surface area contributed by atoms with Crippen LogP contribution in [0.4, 0.5) is 4.79 Å². The van der Waals surface area contributed by atoms with Crippen molar-refractivity contribution in [2.45, 2.75) is 63.6 Å². The molecule has 0 spiro atoms. The third-order valence-electron chi connectivity index (χ3n) is 9.02. The van der Waals surface area contributed by atoms with Gasteiger partial charge < -0.3 is 29.7 Å². The Morgan fingerprint density at radius 1 is 1.11 bits per heavy atom. The maximum atomic E-state index is 13.7. The van der Waals surface area contributed by atoms with E-state index in [2.05, 4.69) is 10.3 Å². The predicted octanol–water partition coefficient (Wildman–Crippen LogP) is 3.89. The van der Waals surface area contributed by atoms with Gasteiger partial charge in [0, 0.05) is 37.2 Å². The lowest BCUT2D eigenvalue weighted by Crippen LogP contribution is -2.54. The summed E-state index contributed by atoms with van der Waals surface area (Å²) in [6, 6.07) is 8.04. The molecule has 2 fully saturated rings. The Morgan fingerprint density at radius 2 is 1.93 bits per heavy atom. The van der Waals surface area contributed by atoms with Crippen LogP contribution in [0.5, 0.6) is 11.6 Å². The quantitative estimate of drug-likeness (QED) is 0.409. The Hall–Kier alpha value is -4.74. The number of pyridine rings is 1. The number of allylic oxidation sites excluding steroid dienone is 1. The van der Waals surface area contributed by atoms with Gasteiger partial charge in [-0.2, -0.15) is 4.98 Å². The van der Waals surface area contributed by atoms with Crippen molar-refractivity contribution < 1.29 is 29.0 Å². The fourth-order valence-electron chi connectivity index (χ4n) is 6.33. The number of carbonyl (C=O) groups excluding carboxylic acids is 2. The fraction of sp³-hybridized carbons (Fsp3) is 0.455. The van der Waals surface area contributed by atoms with Gasteiger partial charge in [0.2, 0.25) is 11.8 Å². The standard InChI is InChI=1S/C33H38N6O6/c1-19-10-9-12-24(34-19)28-35-27-20(2)26(44-4)14-13-23(27)30(36-28)45-22-16-25-29(40)37-33(31(41)42)17-21(33)11-7-5-6-8-15-38(3)32(43)39(25)18-22/h7,9-14,21-22,25H,5-6,8,15-18H2,1-4H3,(H,37,40)(H,41,42)/b11-7-/t21-,22+,25-,33+/m0/s1. The summed E-state index contributed by atoms with van der Waals surface area (Å²) in [5.41, 5.74) is 1.47. The highest BCUT2D eigenvalue weighted by atomic mass is 16.5. The van der Waals surface area contributed by atoms with Gasteiger partial charge in [0.1, 0.15) is 29.1 Å². The number of nitrogens with zero attached hydrogens (tertiary/aromatic N) is 5.